The van der Waals surface area contributed by atoms with E-state index in [1.807, 2.05) is 0 Å². The van der Waals surface area contributed by atoms with Gasteiger partial charge in [0.2, 0.25) is 0 Å². The van der Waals surface area contributed by atoms with Gasteiger partial charge in [-0.05, 0) is 57.9 Å². The Morgan fingerprint density at radius 3 is 2.41 bits per heavy atom. The van der Waals surface area contributed by atoms with Gasteiger partial charge in [0.15, 0.2) is 0 Å². The molecule has 0 saturated carbocycles. The van der Waals surface area contributed by atoms with Gasteiger partial charge in [0.25, 0.3) is 0 Å². The smallest absolute Gasteiger partial charge is 0.0128 e. The van der Waals surface area contributed by atoms with E-state index in [4.69, 9.17) is 0 Å². The molecule has 0 bridgehead atoms. The van der Waals surface area contributed by atoms with Crippen molar-refractivity contribution in [1.82, 2.24) is 10.2 Å². The van der Waals surface area contributed by atoms with Crippen LogP contribution in [0.5, 0.6) is 0 Å². The first-order chi connectivity index (χ1) is 7.71. The molecule has 2 atom stereocenters. The number of nitrogens with one attached hydrogen (secondary N) is 1. The van der Waals surface area contributed by atoms with Crippen LogP contribution in [-0.2, 0) is 0 Å². The second kappa shape index (κ2) is 4.24. The zero-order chi connectivity index (χ0) is 12.8. The van der Waals surface area contributed by atoms with Crippen molar-refractivity contribution in [1.29, 1.82) is 0 Å². The standard InChI is InChI=1S/C15H30N2/c1-11(2)17-9-12-8-16-15(5,6)7-13(12)14(3,4)10-17/h11-13,16H,7-10H2,1-6H3. The van der Waals surface area contributed by atoms with Gasteiger partial charge in [-0.3, -0.25) is 0 Å². The lowest BCUT2D eigenvalue weighted by molar-refractivity contribution is -0.0438. The minimum absolute atomic E-state index is 0.332. The van der Waals surface area contributed by atoms with E-state index in [0.717, 1.165) is 11.8 Å². The fraction of sp³-hybridized carbons (Fsp3) is 1.00. The molecule has 2 aliphatic rings. The predicted molar refractivity (Wildman–Crippen MR) is 74.2 cm³/mol. The van der Waals surface area contributed by atoms with E-state index in [9.17, 15) is 0 Å². The van der Waals surface area contributed by atoms with Gasteiger partial charge in [0.1, 0.15) is 0 Å². The van der Waals surface area contributed by atoms with Crippen molar-refractivity contribution in [3.63, 3.8) is 0 Å². The van der Waals surface area contributed by atoms with Gasteiger partial charge in [-0.1, -0.05) is 13.8 Å². The molecule has 100 valence electrons. The van der Waals surface area contributed by atoms with E-state index in [2.05, 4.69) is 51.8 Å². The van der Waals surface area contributed by atoms with Gasteiger partial charge in [-0.15, -0.1) is 0 Å². The van der Waals surface area contributed by atoms with Crippen molar-refractivity contribution in [3.8, 4) is 0 Å². The summed E-state index contributed by atoms with van der Waals surface area (Å²) in [6.07, 6.45) is 1.33. The number of nitrogens with zero attached hydrogens (tertiary/aromatic N) is 1. The minimum atomic E-state index is 0.332. The Balaban J connectivity index is 2.15. The summed E-state index contributed by atoms with van der Waals surface area (Å²) in [7, 11) is 0. The predicted octanol–water partition coefficient (Wildman–Crippen LogP) is 2.74. The van der Waals surface area contributed by atoms with E-state index >= 15 is 0 Å². The third kappa shape index (κ3) is 2.68. The number of likely N-dealkylation sites (tertiary alicyclic amines) is 1. The molecule has 0 aromatic rings. The maximum absolute atomic E-state index is 3.73. The van der Waals surface area contributed by atoms with E-state index in [1.165, 1.54) is 26.1 Å². The van der Waals surface area contributed by atoms with Crippen molar-refractivity contribution >= 4 is 0 Å². The molecule has 2 rings (SSSR count). The van der Waals surface area contributed by atoms with Gasteiger partial charge in [-0.2, -0.15) is 0 Å². The second-order valence-corrected chi connectivity index (χ2v) is 7.85. The topological polar surface area (TPSA) is 15.3 Å². The molecule has 2 fully saturated rings. The molecule has 2 nitrogen and oxygen atoms in total. The summed E-state index contributed by atoms with van der Waals surface area (Å²) in [5, 5.41) is 3.73. The van der Waals surface area contributed by atoms with Crippen LogP contribution in [0.25, 0.3) is 0 Å². The second-order valence-electron chi connectivity index (χ2n) is 7.85. The first-order valence-corrected chi connectivity index (χ1v) is 7.20. The number of hydrogen-bond donors (Lipinski definition) is 1. The van der Waals surface area contributed by atoms with Gasteiger partial charge in [0, 0.05) is 24.7 Å². The van der Waals surface area contributed by atoms with Crippen LogP contribution in [0.4, 0.5) is 0 Å². The normalized spacial score (nSPS) is 36.9. The summed E-state index contributed by atoms with van der Waals surface area (Å²) in [5.74, 6) is 1.72. The van der Waals surface area contributed by atoms with E-state index in [1.54, 1.807) is 0 Å². The molecule has 0 aromatic heterocycles. The lowest BCUT2D eigenvalue weighted by Gasteiger charge is -2.55. The maximum Gasteiger partial charge on any atom is 0.0128 e. The lowest BCUT2D eigenvalue weighted by atomic mass is 9.62. The van der Waals surface area contributed by atoms with Gasteiger partial charge < -0.3 is 10.2 Å². The summed E-state index contributed by atoms with van der Waals surface area (Å²) in [4.78, 5) is 2.67. The highest BCUT2D eigenvalue weighted by atomic mass is 15.2. The lowest BCUT2D eigenvalue weighted by Crippen LogP contribution is -2.62. The molecule has 0 radical (unpaired) electrons. The van der Waals surface area contributed by atoms with Gasteiger partial charge in [-0.25, -0.2) is 0 Å². The van der Waals surface area contributed by atoms with Crippen LogP contribution in [0.1, 0.15) is 48.0 Å². The largest absolute Gasteiger partial charge is 0.311 e. The highest BCUT2D eigenvalue weighted by Gasteiger charge is 2.47. The molecule has 0 aliphatic carbocycles. The zero-order valence-electron chi connectivity index (χ0n) is 12.5. The maximum atomic E-state index is 3.73. The summed E-state index contributed by atoms with van der Waals surface area (Å²) >= 11 is 0. The van der Waals surface area contributed by atoms with Crippen molar-refractivity contribution in [2.24, 2.45) is 17.3 Å². The molecular weight excluding hydrogens is 208 g/mol. The summed E-state index contributed by atoms with van der Waals surface area (Å²) < 4.78 is 0. The van der Waals surface area contributed by atoms with Crippen LogP contribution in [0, 0.1) is 17.3 Å². The van der Waals surface area contributed by atoms with Crippen LogP contribution in [-0.4, -0.2) is 36.1 Å². The monoisotopic (exact) mass is 238 g/mol. The Bertz CT molecular complexity index is 281. The van der Waals surface area contributed by atoms with E-state index < -0.39 is 0 Å². The SMILES string of the molecule is CC(C)N1CC2CNC(C)(C)CC2C(C)(C)C1. The Hall–Kier alpha value is -0.0800. The fourth-order valence-corrected chi connectivity index (χ4v) is 3.84. The van der Waals surface area contributed by atoms with E-state index in [0.29, 0.717) is 17.0 Å². The van der Waals surface area contributed by atoms with Crippen molar-refractivity contribution in [2.45, 2.75) is 59.5 Å². The number of piperidine rings is 2. The Morgan fingerprint density at radius 1 is 1.18 bits per heavy atom. The number of rotatable bonds is 1. The third-order valence-corrected chi connectivity index (χ3v) is 4.96. The molecule has 17 heavy (non-hydrogen) atoms. The number of hydrogen-bond acceptors (Lipinski definition) is 2. The summed E-state index contributed by atoms with van der Waals surface area (Å²) in [6, 6.07) is 0.685. The first-order valence-electron chi connectivity index (χ1n) is 7.20. The molecule has 2 aliphatic heterocycles. The fourth-order valence-electron chi connectivity index (χ4n) is 3.84. The minimum Gasteiger partial charge on any atom is -0.311 e. The summed E-state index contributed by atoms with van der Waals surface area (Å²) in [5.41, 5.74) is 0.797. The molecule has 2 unspecified atom stereocenters. The average molecular weight is 238 g/mol. The quantitative estimate of drug-likeness (QED) is 0.755. The van der Waals surface area contributed by atoms with Crippen LogP contribution >= 0.6 is 0 Å². The van der Waals surface area contributed by atoms with Crippen LogP contribution < -0.4 is 5.32 Å². The van der Waals surface area contributed by atoms with Crippen molar-refractivity contribution < 1.29 is 0 Å². The average Bonchev–Trinajstić information content (AvgIpc) is 2.17. The molecule has 2 heterocycles. The highest BCUT2D eigenvalue weighted by Crippen LogP contribution is 2.45. The molecule has 0 aromatic carbocycles. The Morgan fingerprint density at radius 2 is 1.82 bits per heavy atom. The molecule has 2 saturated heterocycles. The van der Waals surface area contributed by atoms with Gasteiger partial charge >= 0.3 is 0 Å². The zero-order valence-corrected chi connectivity index (χ0v) is 12.5. The molecule has 1 N–H and O–H groups in total. The molecule has 2 heteroatoms. The van der Waals surface area contributed by atoms with Gasteiger partial charge in [0.05, 0.1) is 0 Å². The van der Waals surface area contributed by atoms with Crippen molar-refractivity contribution in [3.05, 3.63) is 0 Å². The molecule has 0 spiro atoms. The molecule has 0 amide bonds. The highest BCUT2D eigenvalue weighted by molar-refractivity contribution is 5.01. The summed E-state index contributed by atoms with van der Waals surface area (Å²) in [6.45, 7) is 18.1. The Labute approximate surface area is 107 Å². The van der Waals surface area contributed by atoms with E-state index in [-0.39, 0.29) is 0 Å². The van der Waals surface area contributed by atoms with Crippen molar-refractivity contribution in [2.75, 3.05) is 19.6 Å². The van der Waals surface area contributed by atoms with Crippen LogP contribution in [0.3, 0.4) is 0 Å². The van der Waals surface area contributed by atoms with Crippen LogP contribution in [0.15, 0.2) is 0 Å². The first kappa shape index (κ1) is 13.4. The third-order valence-electron chi connectivity index (χ3n) is 4.96. The van der Waals surface area contributed by atoms with Crippen LogP contribution in [0.2, 0.25) is 0 Å². The molecular formula is C15H30N2. The Kier molecular flexibility index (Phi) is 3.33. The number of fused-ring (bicyclic) bond motifs is 1.